The molecule has 0 saturated heterocycles. The highest BCUT2D eigenvalue weighted by Gasteiger charge is 2.32. The maximum Gasteiger partial charge on any atom is 0.263 e. The number of anilines is 1. The van der Waals surface area contributed by atoms with E-state index in [1.54, 1.807) is 7.11 Å². The van der Waals surface area contributed by atoms with Crippen molar-refractivity contribution < 1.29 is 14.3 Å². The lowest BCUT2D eigenvalue weighted by Crippen LogP contribution is -2.32. The minimum atomic E-state index is -0.586. The Hall–Kier alpha value is -3.26. The first-order valence-corrected chi connectivity index (χ1v) is 10.7. The Bertz CT molecular complexity index is 1240. The Morgan fingerprint density at radius 3 is 2.58 bits per heavy atom. The number of ether oxygens (including phenoxy) is 1. The Morgan fingerprint density at radius 2 is 1.90 bits per heavy atom. The molecule has 0 radical (unpaired) electrons. The van der Waals surface area contributed by atoms with Gasteiger partial charge in [0.15, 0.2) is 10.9 Å². The number of H-pyrrole nitrogens is 1. The summed E-state index contributed by atoms with van der Waals surface area (Å²) in [4.78, 5) is 46.0. The molecule has 2 heterocycles. The van der Waals surface area contributed by atoms with Crippen LogP contribution in [-0.4, -0.2) is 28.8 Å². The molecule has 1 aromatic carbocycles. The SMILES string of the molecule is COc1ccc(-c2nc(NC(=O)c3cc4c([nH]c3=O)CC(C)(C)CC4=O)sc2C)cc1. The summed E-state index contributed by atoms with van der Waals surface area (Å²) in [5.41, 5.74) is 1.84. The topological polar surface area (TPSA) is 101 Å². The number of rotatable bonds is 4. The molecule has 1 aliphatic rings. The standard InChI is InChI=1S/C23H23N3O4S/c1-12-19(13-5-7-14(30-4)8-6-13)25-22(31-12)26-21(29)16-9-15-17(24-20(16)28)10-23(2,3)11-18(15)27/h5-9H,10-11H2,1-4H3,(H,24,28)(H,25,26,29). The normalized spacial score (nSPS) is 14.8. The molecule has 8 heteroatoms. The summed E-state index contributed by atoms with van der Waals surface area (Å²) in [5.74, 6) is 0.0925. The van der Waals surface area contributed by atoms with Gasteiger partial charge in [-0.15, -0.1) is 11.3 Å². The first-order valence-electron chi connectivity index (χ1n) is 9.89. The van der Waals surface area contributed by atoms with Crippen LogP contribution in [0.5, 0.6) is 5.75 Å². The molecule has 0 unspecified atom stereocenters. The molecule has 2 N–H and O–H groups in total. The van der Waals surface area contributed by atoms with Crippen molar-refractivity contribution in [1.29, 1.82) is 0 Å². The predicted molar refractivity (Wildman–Crippen MR) is 120 cm³/mol. The average molecular weight is 438 g/mol. The van der Waals surface area contributed by atoms with Gasteiger partial charge in [0.2, 0.25) is 0 Å². The van der Waals surface area contributed by atoms with Crippen LogP contribution in [0.15, 0.2) is 35.1 Å². The van der Waals surface area contributed by atoms with Crippen molar-refractivity contribution in [3.8, 4) is 17.0 Å². The number of benzene rings is 1. The first-order chi connectivity index (χ1) is 14.7. The molecule has 2 aromatic heterocycles. The second kappa shape index (κ2) is 7.77. The van der Waals surface area contributed by atoms with Gasteiger partial charge in [-0.2, -0.15) is 0 Å². The number of hydrogen-bond acceptors (Lipinski definition) is 6. The fourth-order valence-corrected chi connectivity index (χ4v) is 4.66. The molecule has 31 heavy (non-hydrogen) atoms. The van der Waals surface area contributed by atoms with E-state index >= 15 is 0 Å². The summed E-state index contributed by atoms with van der Waals surface area (Å²) in [6, 6.07) is 8.89. The van der Waals surface area contributed by atoms with Gasteiger partial charge >= 0.3 is 0 Å². The van der Waals surface area contributed by atoms with E-state index in [1.165, 1.54) is 17.4 Å². The highest BCUT2D eigenvalue weighted by Crippen LogP contribution is 2.34. The lowest BCUT2D eigenvalue weighted by Gasteiger charge is -2.29. The van der Waals surface area contributed by atoms with Gasteiger partial charge in [-0.1, -0.05) is 13.8 Å². The lowest BCUT2D eigenvalue weighted by atomic mass is 9.75. The Morgan fingerprint density at radius 1 is 1.19 bits per heavy atom. The van der Waals surface area contributed by atoms with Crippen molar-refractivity contribution in [2.45, 2.75) is 33.6 Å². The summed E-state index contributed by atoms with van der Waals surface area (Å²) in [6.07, 6.45) is 0.964. The van der Waals surface area contributed by atoms with Gasteiger partial charge in [0.05, 0.1) is 12.8 Å². The average Bonchev–Trinajstić information content (AvgIpc) is 3.06. The third-order valence-electron chi connectivity index (χ3n) is 5.34. The number of aromatic nitrogens is 2. The third-order valence-corrected chi connectivity index (χ3v) is 6.23. The zero-order chi connectivity index (χ0) is 22.3. The number of carbonyl (C=O) groups is 2. The number of nitrogens with zero attached hydrogens (tertiary/aromatic N) is 1. The molecule has 1 amide bonds. The smallest absolute Gasteiger partial charge is 0.263 e. The van der Waals surface area contributed by atoms with Gasteiger partial charge in [-0.05, 0) is 49.1 Å². The van der Waals surface area contributed by atoms with Crippen molar-refractivity contribution in [3.63, 3.8) is 0 Å². The number of fused-ring (bicyclic) bond motifs is 1. The number of methoxy groups -OCH3 is 1. The fourth-order valence-electron chi connectivity index (χ4n) is 3.83. The Labute approximate surface area is 183 Å². The summed E-state index contributed by atoms with van der Waals surface area (Å²) in [7, 11) is 1.60. The van der Waals surface area contributed by atoms with Gasteiger partial charge in [0.1, 0.15) is 11.3 Å². The van der Waals surface area contributed by atoms with Gasteiger partial charge in [-0.25, -0.2) is 4.98 Å². The van der Waals surface area contributed by atoms with Crippen LogP contribution in [0.25, 0.3) is 11.3 Å². The highest BCUT2D eigenvalue weighted by atomic mass is 32.1. The van der Waals surface area contributed by atoms with Crippen LogP contribution < -0.4 is 15.6 Å². The van der Waals surface area contributed by atoms with Crippen LogP contribution in [-0.2, 0) is 6.42 Å². The molecule has 1 aliphatic carbocycles. The first kappa shape index (κ1) is 21.0. The van der Waals surface area contributed by atoms with E-state index in [4.69, 9.17) is 4.74 Å². The van der Waals surface area contributed by atoms with Gasteiger partial charge in [0.25, 0.3) is 11.5 Å². The fraction of sp³-hybridized carbons (Fsp3) is 0.304. The predicted octanol–water partition coefficient (Wildman–Crippen LogP) is 4.22. The maximum atomic E-state index is 12.8. The molecule has 0 bridgehead atoms. The van der Waals surface area contributed by atoms with Gasteiger partial charge < -0.3 is 9.72 Å². The number of nitrogens with one attached hydrogen (secondary N) is 2. The van der Waals surface area contributed by atoms with Crippen molar-refractivity contribution in [1.82, 2.24) is 9.97 Å². The van der Waals surface area contributed by atoms with E-state index in [-0.39, 0.29) is 16.8 Å². The van der Waals surface area contributed by atoms with Gasteiger partial charge in [0, 0.05) is 28.1 Å². The second-order valence-electron chi connectivity index (χ2n) is 8.45. The van der Waals surface area contributed by atoms with Crippen LogP contribution in [0, 0.1) is 12.3 Å². The van der Waals surface area contributed by atoms with E-state index in [0.717, 1.165) is 21.9 Å². The molecule has 0 saturated carbocycles. The number of pyridine rings is 1. The quantitative estimate of drug-likeness (QED) is 0.636. The number of aryl methyl sites for hydroxylation is 1. The molecular formula is C23H23N3O4S. The molecule has 0 fully saturated rings. The summed E-state index contributed by atoms with van der Waals surface area (Å²) in [5, 5.41) is 3.09. The molecule has 0 aliphatic heterocycles. The number of hydrogen-bond donors (Lipinski definition) is 2. The number of carbonyl (C=O) groups excluding carboxylic acids is 2. The van der Waals surface area contributed by atoms with Crippen molar-refractivity contribution in [2.24, 2.45) is 5.41 Å². The highest BCUT2D eigenvalue weighted by molar-refractivity contribution is 7.16. The second-order valence-corrected chi connectivity index (χ2v) is 9.65. The van der Waals surface area contributed by atoms with E-state index in [9.17, 15) is 14.4 Å². The Balaban J connectivity index is 1.60. The molecular weight excluding hydrogens is 414 g/mol. The van der Waals surface area contributed by atoms with Crippen molar-refractivity contribution in [2.75, 3.05) is 12.4 Å². The third kappa shape index (κ3) is 4.16. The summed E-state index contributed by atoms with van der Waals surface area (Å²) in [6.45, 7) is 5.88. The molecule has 3 aromatic rings. The monoisotopic (exact) mass is 437 g/mol. The van der Waals surface area contributed by atoms with Crippen molar-refractivity contribution in [3.05, 3.63) is 62.4 Å². The molecule has 4 rings (SSSR count). The van der Waals surface area contributed by atoms with E-state index in [1.807, 2.05) is 45.0 Å². The van der Waals surface area contributed by atoms with Crippen LogP contribution in [0.4, 0.5) is 5.13 Å². The van der Waals surface area contributed by atoms with Crippen LogP contribution in [0.3, 0.4) is 0 Å². The van der Waals surface area contributed by atoms with Crippen LogP contribution in [0.1, 0.15) is 51.6 Å². The number of ketones is 1. The number of aromatic amines is 1. The van der Waals surface area contributed by atoms with Crippen molar-refractivity contribution >= 4 is 28.2 Å². The molecule has 160 valence electrons. The summed E-state index contributed by atoms with van der Waals surface area (Å²) < 4.78 is 5.18. The van der Waals surface area contributed by atoms with Crippen LogP contribution in [0.2, 0.25) is 0 Å². The number of amides is 1. The number of Topliss-reactive ketones (excluding diaryl/α,β-unsaturated/α-hetero) is 1. The van der Waals surface area contributed by atoms with Crippen LogP contribution >= 0.6 is 11.3 Å². The van der Waals surface area contributed by atoms with E-state index < -0.39 is 11.5 Å². The molecule has 7 nitrogen and oxygen atoms in total. The minimum absolute atomic E-state index is 0.0663. The number of thiazole rings is 1. The van der Waals surface area contributed by atoms with E-state index in [0.29, 0.717) is 29.2 Å². The molecule has 0 spiro atoms. The maximum absolute atomic E-state index is 12.8. The zero-order valence-electron chi connectivity index (χ0n) is 17.8. The Kier molecular flexibility index (Phi) is 5.26. The minimum Gasteiger partial charge on any atom is -0.497 e. The summed E-state index contributed by atoms with van der Waals surface area (Å²) >= 11 is 1.32. The van der Waals surface area contributed by atoms with Gasteiger partial charge in [-0.3, -0.25) is 19.7 Å². The van der Waals surface area contributed by atoms with E-state index in [2.05, 4.69) is 15.3 Å². The lowest BCUT2D eigenvalue weighted by molar-refractivity contribution is 0.0910. The largest absolute Gasteiger partial charge is 0.497 e. The molecule has 0 atom stereocenters. The zero-order valence-corrected chi connectivity index (χ0v) is 18.6.